The first-order valence-electron chi connectivity index (χ1n) is 8.63. The van der Waals surface area contributed by atoms with Crippen LogP contribution in [0.25, 0.3) is 0 Å². The van der Waals surface area contributed by atoms with Crippen molar-refractivity contribution in [1.29, 1.82) is 0 Å². The quantitative estimate of drug-likeness (QED) is 0.840. The SMILES string of the molecule is O=C(c1nc(C2CC2)no1)N1Cc2cccnc2N2CCC[C@@H]2C1. The highest BCUT2D eigenvalue weighted by Crippen LogP contribution is 2.38. The second-order valence-corrected chi connectivity index (χ2v) is 6.89. The molecule has 2 aromatic rings. The summed E-state index contributed by atoms with van der Waals surface area (Å²) in [5, 5.41) is 3.97. The second kappa shape index (κ2) is 5.29. The maximum absolute atomic E-state index is 12.9. The molecule has 0 unspecified atom stereocenters. The summed E-state index contributed by atoms with van der Waals surface area (Å²) in [5.41, 5.74) is 1.08. The highest BCUT2D eigenvalue weighted by molar-refractivity contribution is 5.89. The molecule has 1 saturated carbocycles. The summed E-state index contributed by atoms with van der Waals surface area (Å²) in [5.74, 6) is 2.03. The van der Waals surface area contributed by atoms with Gasteiger partial charge in [-0.1, -0.05) is 11.2 Å². The third-order valence-electron chi connectivity index (χ3n) is 5.16. The molecule has 124 valence electrons. The Hall–Kier alpha value is -2.44. The van der Waals surface area contributed by atoms with Crippen molar-refractivity contribution < 1.29 is 9.32 Å². The number of anilines is 1. The Morgan fingerprint density at radius 3 is 3.08 bits per heavy atom. The number of aromatic nitrogens is 3. The zero-order valence-corrected chi connectivity index (χ0v) is 13.4. The van der Waals surface area contributed by atoms with Crippen LogP contribution in [0.5, 0.6) is 0 Å². The molecule has 5 rings (SSSR count). The largest absolute Gasteiger partial charge is 0.352 e. The molecular formula is C17H19N5O2. The molecule has 1 atom stereocenters. The van der Waals surface area contributed by atoms with Crippen molar-refractivity contribution in [3.8, 4) is 0 Å². The van der Waals surface area contributed by atoms with Gasteiger partial charge in [-0.15, -0.1) is 0 Å². The Balaban J connectivity index is 1.46. The van der Waals surface area contributed by atoms with Crippen molar-refractivity contribution in [2.45, 2.75) is 44.2 Å². The molecular weight excluding hydrogens is 306 g/mol. The van der Waals surface area contributed by atoms with Crippen molar-refractivity contribution in [3.63, 3.8) is 0 Å². The van der Waals surface area contributed by atoms with Crippen LogP contribution in [0.1, 0.15) is 53.7 Å². The van der Waals surface area contributed by atoms with Crippen molar-refractivity contribution in [2.24, 2.45) is 0 Å². The highest BCUT2D eigenvalue weighted by Gasteiger charge is 2.36. The minimum atomic E-state index is -0.169. The van der Waals surface area contributed by atoms with Crippen LogP contribution in [0.4, 0.5) is 5.82 Å². The summed E-state index contributed by atoms with van der Waals surface area (Å²) < 4.78 is 5.24. The Labute approximate surface area is 139 Å². The fraction of sp³-hybridized carbons (Fsp3) is 0.529. The van der Waals surface area contributed by atoms with E-state index >= 15 is 0 Å². The predicted octanol–water partition coefficient (Wildman–Crippen LogP) is 1.97. The fourth-order valence-electron chi connectivity index (χ4n) is 3.76. The van der Waals surface area contributed by atoms with Crippen LogP contribution in [-0.2, 0) is 6.54 Å². The predicted molar refractivity (Wildman–Crippen MR) is 85.6 cm³/mol. The van der Waals surface area contributed by atoms with Crippen LogP contribution < -0.4 is 4.90 Å². The number of pyridine rings is 1. The van der Waals surface area contributed by atoms with Crippen LogP contribution >= 0.6 is 0 Å². The molecule has 3 aliphatic rings. The molecule has 2 fully saturated rings. The number of nitrogens with zero attached hydrogens (tertiary/aromatic N) is 5. The monoisotopic (exact) mass is 325 g/mol. The molecule has 0 aromatic carbocycles. The van der Waals surface area contributed by atoms with Crippen LogP contribution in [0, 0.1) is 0 Å². The molecule has 7 nitrogen and oxygen atoms in total. The molecule has 0 spiro atoms. The minimum Gasteiger partial charge on any atom is -0.352 e. The van der Waals surface area contributed by atoms with Gasteiger partial charge >= 0.3 is 11.8 Å². The van der Waals surface area contributed by atoms with Gasteiger partial charge in [-0.05, 0) is 31.7 Å². The normalized spacial score (nSPS) is 22.9. The summed E-state index contributed by atoms with van der Waals surface area (Å²) in [6.45, 7) is 2.22. The maximum Gasteiger partial charge on any atom is 0.316 e. The second-order valence-electron chi connectivity index (χ2n) is 6.89. The van der Waals surface area contributed by atoms with Crippen LogP contribution in [0.15, 0.2) is 22.9 Å². The molecule has 2 aliphatic heterocycles. The third kappa shape index (κ3) is 2.26. The number of hydrogen-bond acceptors (Lipinski definition) is 6. The summed E-state index contributed by atoms with van der Waals surface area (Å²) in [7, 11) is 0. The van der Waals surface area contributed by atoms with Gasteiger partial charge < -0.3 is 14.3 Å². The first kappa shape index (κ1) is 13.9. The molecule has 1 amide bonds. The number of fused-ring (bicyclic) bond motifs is 3. The third-order valence-corrected chi connectivity index (χ3v) is 5.16. The average Bonchev–Trinajstić information content (AvgIpc) is 3.20. The maximum atomic E-state index is 12.9. The van der Waals surface area contributed by atoms with Gasteiger partial charge in [0.25, 0.3) is 0 Å². The smallest absolute Gasteiger partial charge is 0.316 e. The van der Waals surface area contributed by atoms with E-state index in [1.807, 2.05) is 23.2 Å². The highest BCUT2D eigenvalue weighted by atomic mass is 16.5. The van der Waals surface area contributed by atoms with E-state index in [4.69, 9.17) is 4.52 Å². The van der Waals surface area contributed by atoms with Gasteiger partial charge in [-0.3, -0.25) is 4.79 Å². The molecule has 0 N–H and O–H groups in total. The summed E-state index contributed by atoms with van der Waals surface area (Å²) >= 11 is 0. The topological polar surface area (TPSA) is 75.4 Å². The molecule has 4 heterocycles. The first-order valence-corrected chi connectivity index (χ1v) is 8.63. The van der Waals surface area contributed by atoms with Gasteiger partial charge in [0, 0.05) is 43.4 Å². The number of carbonyl (C=O) groups is 1. The van der Waals surface area contributed by atoms with E-state index in [9.17, 15) is 4.79 Å². The molecule has 0 bridgehead atoms. The Bertz CT molecular complexity index is 785. The van der Waals surface area contributed by atoms with E-state index in [1.54, 1.807) is 0 Å². The van der Waals surface area contributed by atoms with Gasteiger partial charge in [0.2, 0.25) is 0 Å². The number of hydrogen-bond donors (Lipinski definition) is 0. The van der Waals surface area contributed by atoms with Gasteiger partial charge in [-0.25, -0.2) is 4.98 Å². The fourth-order valence-corrected chi connectivity index (χ4v) is 3.76. The Morgan fingerprint density at radius 1 is 1.29 bits per heavy atom. The zero-order valence-electron chi connectivity index (χ0n) is 13.4. The van der Waals surface area contributed by atoms with E-state index in [0.29, 0.717) is 30.9 Å². The van der Waals surface area contributed by atoms with Crippen LogP contribution in [0.2, 0.25) is 0 Å². The minimum absolute atomic E-state index is 0.119. The summed E-state index contributed by atoms with van der Waals surface area (Å²) in [4.78, 5) is 26.0. The van der Waals surface area contributed by atoms with Crippen molar-refractivity contribution in [3.05, 3.63) is 35.6 Å². The Morgan fingerprint density at radius 2 is 2.21 bits per heavy atom. The zero-order chi connectivity index (χ0) is 16.1. The van der Waals surface area contributed by atoms with Crippen molar-refractivity contribution in [2.75, 3.05) is 18.0 Å². The van der Waals surface area contributed by atoms with E-state index in [0.717, 1.165) is 43.6 Å². The molecule has 24 heavy (non-hydrogen) atoms. The number of amides is 1. The molecule has 0 radical (unpaired) electrons. The summed E-state index contributed by atoms with van der Waals surface area (Å²) in [6, 6.07) is 4.29. The number of rotatable bonds is 2. The first-order chi connectivity index (χ1) is 11.8. The van der Waals surface area contributed by atoms with Crippen molar-refractivity contribution in [1.82, 2.24) is 20.0 Å². The van der Waals surface area contributed by atoms with E-state index in [2.05, 4.69) is 20.0 Å². The van der Waals surface area contributed by atoms with Gasteiger partial charge in [0.1, 0.15) is 5.82 Å². The van der Waals surface area contributed by atoms with Crippen LogP contribution in [0.3, 0.4) is 0 Å². The lowest BCUT2D eigenvalue weighted by Gasteiger charge is -2.26. The van der Waals surface area contributed by atoms with Gasteiger partial charge in [0.05, 0.1) is 0 Å². The number of carbonyl (C=O) groups excluding carboxylic acids is 1. The lowest BCUT2D eigenvalue weighted by molar-refractivity contribution is 0.0688. The van der Waals surface area contributed by atoms with Crippen LogP contribution in [-0.4, -0.2) is 45.1 Å². The molecule has 7 heteroatoms. The lowest BCUT2D eigenvalue weighted by atomic mass is 10.2. The van der Waals surface area contributed by atoms with Crippen molar-refractivity contribution >= 4 is 11.7 Å². The Kier molecular flexibility index (Phi) is 3.08. The van der Waals surface area contributed by atoms with Gasteiger partial charge in [-0.2, -0.15) is 4.98 Å². The van der Waals surface area contributed by atoms with E-state index in [-0.39, 0.29) is 11.8 Å². The average molecular weight is 325 g/mol. The molecule has 2 aromatic heterocycles. The molecule has 1 aliphatic carbocycles. The summed E-state index contributed by atoms with van der Waals surface area (Å²) in [6.07, 6.45) is 6.22. The standard InChI is InChI=1S/C17H19N5O2/c23-17(16-19-14(20-24-16)11-5-6-11)21-9-12-3-1-7-18-15(12)22-8-2-4-13(22)10-21/h1,3,7,11,13H,2,4-6,8-10H2/t13-/m1/s1. The van der Waals surface area contributed by atoms with E-state index < -0.39 is 0 Å². The van der Waals surface area contributed by atoms with E-state index in [1.165, 1.54) is 0 Å². The molecule has 1 saturated heterocycles. The lowest BCUT2D eigenvalue weighted by Crippen LogP contribution is -2.40. The van der Waals surface area contributed by atoms with Gasteiger partial charge in [0.15, 0.2) is 5.82 Å².